The molecule has 0 saturated heterocycles. The van der Waals surface area contributed by atoms with Crippen molar-refractivity contribution in [2.75, 3.05) is 0 Å². The fourth-order valence-corrected chi connectivity index (χ4v) is 5.77. The zero-order chi connectivity index (χ0) is 23.4. The second-order valence-electron chi connectivity index (χ2n) is 9.40. The summed E-state index contributed by atoms with van der Waals surface area (Å²) in [6.45, 7) is 2.17. The third-order valence-corrected chi connectivity index (χ3v) is 7.28. The Morgan fingerprint density at radius 2 is 0.886 bits per heavy atom. The van der Waals surface area contributed by atoms with Crippen LogP contribution >= 0.6 is 0 Å². The highest BCUT2D eigenvalue weighted by atomic mass is 14.2. The highest BCUT2D eigenvalue weighted by Gasteiger charge is 2.18. The smallest absolute Gasteiger partial charge is 0.00199 e. The van der Waals surface area contributed by atoms with Gasteiger partial charge in [0.05, 0.1) is 0 Å². The van der Waals surface area contributed by atoms with Crippen LogP contribution < -0.4 is 0 Å². The molecule has 35 heavy (non-hydrogen) atoms. The molecule has 0 heteroatoms. The van der Waals surface area contributed by atoms with Crippen molar-refractivity contribution < 1.29 is 0 Å². The Hall–Kier alpha value is -4.42. The Morgan fingerprint density at radius 3 is 1.51 bits per heavy atom. The molecule has 0 heterocycles. The van der Waals surface area contributed by atoms with E-state index in [1.807, 2.05) is 0 Å². The van der Waals surface area contributed by atoms with Gasteiger partial charge in [-0.15, -0.1) is 0 Å². The number of hydrogen-bond donors (Lipinski definition) is 0. The molecule has 0 saturated carbocycles. The zero-order valence-electron chi connectivity index (χ0n) is 19.6. The summed E-state index contributed by atoms with van der Waals surface area (Å²) in [6, 6.07) is 46.7. The minimum Gasteiger partial charge on any atom is -0.0622 e. The highest BCUT2D eigenvalue weighted by molar-refractivity contribution is 6.25. The molecule has 164 valence electrons. The predicted octanol–water partition coefficient (Wildman–Crippen LogP) is 9.94. The van der Waals surface area contributed by atoms with E-state index in [1.165, 1.54) is 70.9 Å². The van der Waals surface area contributed by atoms with Crippen molar-refractivity contribution in [3.05, 3.63) is 133 Å². The lowest BCUT2D eigenvalue weighted by Crippen LogP contribution is -1.92. The van der Waals surface area contributed by atoms with Gasteiger partial charge in [0.2, 0.25) is 0 Å². The van der Waals surface area contributed by atoms with Gasteiger partial charge < -0.3 is 0 Å². The molecule has 7 aromatic rings. The molecule has 0 radical (unpaired) electrons. The number of aryl methyl sites for hydroxylation is 1. The molecule has 0 aliphatic heterocycles. The number of benzene rings is 7. The molecule has 0 aromatic heterocycles. The minimum absolute atomic E-state index is 1.26. The molecule has 0 aliphatic rings. The standard InChI is InChI=1S/C35H24/c1-23-19-20-26-25(21-23)22-33(28-14-6-5-13-27(26)28)35-31-17-9-7-15-29(31)34(24-11-3-2-4-12-24)30-16-8-10-18-32(30)35/h2-22H,1H3. The lowest BCUT2D eigenvalue weighted by atomic mass is 9.84. The topological polar surface area (TPSA) is 0 Å². The van der Waals surface area contributed by atoms with E-state index in [9.17, 15) is 0 Å². The van der Waals surface area contributed by atoms with Crippen molar-refractivity contribution in [2.24, 2.45) is 0 Å². The van der Waals surface area contributed by atoms with Gasteiger partial charge in [0.15, 0.2) is 0 Å². The van der Waals surface area contributed by atoms with Crippen molar-refractivity contribution in [2.45, 2.75) is 6.92 Å². The van der Waals surface area contributed by atoms with Gasteiger partial charge in [-0.3, -0.25) is 0 Å². The van der Waals surface area contributed by atoms with Gasteiger partial charge >= 0.3 is 0 Å². The molecular formula is C35H24. The molecule has 0 fully saturated rings. The summed E-state index contributed by atoms with van der Waals surface area (Å²) in [5, 5.41) is 10.4. The van der Waals surface area contributed by atoms with Crippen LogP contribution in [0.15, 0.2) is 127 Å². The van der Waals surface area contributed by atoms with Crippen LogP contribution in [0.2, 0.25) is 0 Å². The third kappa shape index (κ3) is 3.07. The Labute approximate surface area is 205 Å². The van der Waals surface area contributed by atoms with E-state index in [2.05, 4.69) is 134 Å². The van der Waals surface area contributed by atoms with Crippen molar-refractivity contribution in [3.63, 3.8) is 0 Å². The molecule has 0 N–H and O–H groups in total. The maximum absolute atomic E-state index is 2.40. The van der Waals surface area contributed by atoms with Crippen LogP contribution in [-0.2, 0) is 0 Å². The minimum atomic E-state index is 1.26. The fraction of sp³-hybridized carbons (Fsp3) is 0.0286. The quantitative estimate of drug-likeness (QED) is 0.184. The molecule has 0 spiro atoms. The Kier molecular flexibility index (Phi) is 4.47. The van der Waals surface area contributed by atoms with Crippen LogP contribution in [0.3, 0.4) is 0 Å². The first-order chi connectivity index (χ1) is 17.3. The first-order valence-electron chi connectivity index (χ1n) is 12.2. The Bertz CT molecular complexity index is 1830. The molecule has 0 unspecified atom stereocenters. The Morgan fingerprint density at radius 1 is 0.371 bits per heavy atom. The lowest BCUT2D eigenvalue weighted by Gasteiger charge is -2.19. The average molecular weight is 445 g/mol. The summed E-state index contributed by atoms with van der Waals surface area (Å²) in [6.07, 6.45) is 0. The monoisotopic (exact) mass is 444 g/mol. The third-order valence-electron chi connectivity index (χ3n) is 7.28. The largest absolute Gasteiger partial charge is 0.0622 e. The van der Waals surface area contributed by atoms with Crippen molar-refractivity contribution >= 4 is 43.1 Å². The van der Waals surface area contributed by atoms with E-state index in [4.69, 9.17) is 0 Å². The summed E-state index contributed by atoms with van der Waals surface area (Å²) >= 11 is 0. The number of fused-ring (bicyclic) bond motifs is 5. The average Bonchev–Trinajstić information content (AvgIpc) is 2.91. The van der Waals surface area contributed by atoms with Crippen molar-refractivity contribution in [3.8, 4) is 22.3 Å². The highest BCUT2D eigenvalue weighted by Crippen LogP contribution is 2.46. The molecule has 0 amide bonds. The Balaban J connectivity index is 1.72. The number of hydrogen-bond acceptors (Lipinski definition) is 0. The van der Waals surface area contributed by atoms with Gasteiger partial charge in [-0.25, -0.2) is 0 Å². The van der Waals surface area contributed by atoms with E-state index in [0.29, 0.717) is 0 Å². The summed E-state index contributed by atoms with van der Waals surface area (Å²) in [4.78, 5) is 0. The van der Waals surface area contributed by atoms with Gasteiger partial charge in [-0.2, -0.15) is 0 Å². The molecule has 0 aliphatic carbocycles. The zero-order valence-corrected chi connectivity index (χ0v) is 19.6. The van der Waals surface area contributed by atoms with Crippen LogP contribution in [0.1, 0.15) is 5.56 Å². The first kappa shape index (κ1) is 20.0. The maximum atomic E-state index is 2.40. The molecule has 7 aromatic carbocycles. The van der Waals surface area contributed by atoms with Crippen LogP contribution in [0.4, 0.5) is 0 Å². The molecular weight excluding hydrogens is 420 g/mol. The van der Waals surface area contributed by atoms with Crippen molar-refractivity contribution in [1.29, 1.82) is 0 Å². The molecule has 0 atom stereocenters. The van der Waals surface area contributed by atoms with Crippen LogP contribution in [0, 0.1) is 6.92 Å². The van der Waals surface area contributed by atoms with E-state index < -0.39 is 0 Å². The maximum Gasteiger partial charge on any atom is -0.00199 e. The fourth-order valence-electron chi connectivity index (χ4n) is 5.77. The van der Waals surface area contributed by atoms with Gasteiger partial charge in [0, 0.05) is 0 Å². The second kappa shape index (κ2) is 7.82. The van der Waals surface area contributed by atoms with E-state index in [0.717, 1.165) is 0 Å². The van der Waals surface area contributed by atoms with E-state index in [1.54, 1.807) is 0 Å². The summed E-state index contributed by atoms with van der Waals surface area (Å²) in [5.74, 6) is 0. The van der Waals surface area contributed by atoms with E-state index in [-0.39, 0.29) is 0 Å². The number of rotatable bonds is 2. The van der Waals surface area contributed by atoms with Crippen molar-refractivity contribution in [1.82, 2.24) is 0 Å². The molecule has 0 nitrogen and oxygen atoms in total. The molecule has 7 rings (SSSR count). The van der Waals surface area contributed by atoms with Gasteiger partial charge in [0.25, 0.3) is 0 Å². The SMILES string of the molecule is Cc1ccc2c(c1)cc(-c1c3ccccc3c(-c3ccccc3)c3ccccc13)c1ccccc12. The van der Waals surface area contributed by atoms with Crippen LogP contribution in [0.25, 0.3) is 65.3 Å². The molecule has 0 bridgehead atoms. The van der Waals surface area contributed by atoms with Gasteiger partial charge in [-0.05, 0) is 78.3 Å². The second-order valence-corrected chi connectivity index (χ2v) is 9.40. The van der Waals surface area contributed by atoms with Gasteiger partial charge in [0.1, 0.15) is 0 Å². The van der Waals surface area contributed by atoms with Crippen LogP contribution in [0.5, 0.6) is 0 Å². The van der Waals surface area contributed by atoms with E-state index >= 15 is 0 Å². The normalized spacial score (nSPS) is 11.6. The van der Waals surface area contributed by atoms with Gasteiger partial charge in [-0.1, -0.05) is 127 Å². The van der Waals surface area contributed by atoms with Crippen LogP contribution in [-0.4, -0.2) is 0 Å². The lowest BCUT2D eigenvalue weighted by molar-refractivity contribution is 1.51. The summed E-state index contributed by atoms with van der Waals surface area (Å²) in [5.41, 5.74) is 6.46. The first-order valence-corrected chi connectivity index (χ1v) is 12.2. The summed E-state index contributed by atoms with van der Waals surface area (Å²) in [7, 11) is 0. The predicted molar refractivity (Wildman–Crippen MR) is 152 cm³/mol. The summed E-state index contributed by atoms with van der Waals surface area (Å²) < 4.78 is 0.